The van der Waals surface area contributed by atoms with Crippen molar-refractivity contribution in [1.82, 2.24) is 14.8 Å². The number of carbonyl (C=O) groups is 1. The number of amides is 1. The predicted octanol–water partition coefficient (Wildman–Crippen LogP) is 4.98. The molecule has 0 saturated heterocycles. The van der Waals surface area contributed by atoms with Crippen LogP contribution in [0.2, 0.25) is 0 Å². The van der Waals surface area contributed by atoms with E-state index >= 15 is 0 Å². The van der Waals surface area contributed by atoms with Gasteiger partial charge in [0, 0.05) is 29.7 Å². The molecule has 3 aromatic rings. The van der Waals surface area contributed by atoms with E-state index in [0.29, 0.717) is 5.56 Å². The van der Waals surface area contributed by atoms with E-state index in [4.69, 9.17) is 0 Å². The van der Waals surface area contributed by atoms with E-state index in [2.05, 4.69) is 15.4 Å². The van der Waals surface area contributed by atoms with Crippen LogP contribution in [0.25, 0.3) is 5.69 Å². The zero-order chi connectivity index (χ0) is 20.5. The van der Waals surface area contributed by atoms with Gasteiger partial charge >= 0.3 is 12.4 Å². The summed E-state index contributed by atoms with van der Waals surface area (Å²) in [5.41, 5.74) is -2.92. The summed E-state index contributed by atoms with van der Waals surface area (Å²) < 4.78 is 77.7. The zero-order valence-corrected chi connectivity index (χ0v) is 14.9. The molecule has 0 saturated carbocycles. The summed E-state index contributed by atoms with van der Waals surface area (Å²) in [5.74, 6) is -0.482. The lowest BCUT2D eigenvalue weighted by molar-refractivity contribution is -0.143. The van der Waals surface area contributed by atoms with Crippen molar-refractivity contribution >= 4 is 24.0 Å². The molecule has 29 heavy (non-hydrogen) atoms. The van der Waals surface area contributed by atoms with Crippen LogP contribution >= 0.6 is 12.4 Å². The third-order valence-corrected chi connectivity index (χ3v) is 3.60. The molecule has 154 valence electrons. The Morgan fingerprint density at radius 1 is 0.897 bits per heavy atom. The second-order valence-corrected chi connectivity index (χ2v) is 5.56. The molecular weight excluding hydrogens is 426 g/mol. The van der Waals surface area contributed by atoms with Crippen molar-refractivity contribution < 1.29 is 31.1 Å². The van der Waals surface area contributed by atoms with Crippen molar-refractivity contribution in [2.75, 3.05) is 5.32 Å². The molecule has 3 rings (SSSR count). The molecular formula is C17H11ClF6N4O. The molecule has 0 aliphatic heterocycles. The Balaban J connectivity index is 0.00000300. The van der Waals surface area contributed by atoms with Crippen LogP contribution in [0.15, 0.2) is 54.9 Å². The number of halogens is 7. The molecule has 1 aromatic carbocycles. The molecule has 0 atom stereocenters. The number of carbonyl (C=O) groups excluding carboxylic acids is 1. The molecule has 1 N–H and O–H groups in total. The molecule has 0 aliphatic rings. The number of aromatic nitrogens is 3. The van der Waals surface area contributed by atoms with E-state index in [1.54, 1.807) is 0 Å². The summed E-state index contributed by atoms with van der Waals surface area (Å²) in [6.45, 7) is 0. The average Bonchev–Trinajstić information content (AvgIpc) is 3.09. The summed E-state index contributed by atoms with van der Waals surface area (Å²) in [5, 5.41) is 5.55. The first-order valence-electron chi connectivity index (χ1n) is 7.62. The number of pyridine rings is 1. The fraction of sp³-hybridized carbons (Fsp3) is 0.118. The maximum Gasteiger partial charge on any atom is 0.435 e. The number of hydrogen-bond acceptors (Lipinski definition) is 3. The van der Waals surface area contributed by atoms with Crippen molar-refractivity contribution in [2.24, 2.45) is 0 Å². The van der Waals surface area contributed by atoms with Gasteiger partial charge < -0.3 is 5.32 Å². The molecule has 12 heteroatoms. The largest absolute Gasteiger partial charge is 0.435 e. The summed E-state index contributed by atoms with van der Waals surface area (Å²) in [6, 6.07) is 7.60. The van der Waals surface area contributed by atoms with Crippen molar-refractivity contribution in [1.29, 1.82) is 0 Å². The minimum atomic E-state index is -5.04. The van der Waals surface area contributed by atoms with Crippen LogP contribution < -0.4 is 5.32 Å². The molecule has 0 aliphatic carbocycles. The fourth-order valence-corrected chi connectivity index (χ4v) is 2.31. The van der Waals surface area contributed by atoms with Gasteiger partial charge in [0.15, 0.2) is 5.69 Å². The number of benzene rings is 1. The van der Waals surface area contributed by atoms with E-state index in [0.717, 1.165) is 12.1 Å². The van der Waals surface area contributed by atoms with E-state index in [-0.39, 0.29) is 34.5 Å². The highest BCUT2D eigenvalue weighted by Gasteiger charge is 2.42. The van der Waals surface area contributed by atoms with Crippen LogP contribution in [0.3, 0.4) is 0 Å². The number of anilines is 1. The van der Waals surface area contributed by atoms with Crippen LogP contribution in [0.1, 0.15) is 21.7 Å². The summed E-state index contributed by atoms with van der Waals surface area (Å²) in [4.78, 5) is 15.8. The van der Waals surface area contributed by atoms with E-state index < -0.39 is 29.6 Å². The Bertz CT molecular complexity index is 984. The molecule has 0 bridgehead atoms. The number of rotatable bonds is 3. The first-order valence-corrected chi connectivity index (χ1v) is 7.62. The molecule has 0 fully saturated rings. The molecule has 0 unspecified atom stereocenters. The minimum Gasteiger partial charge on any atom is -0.322 e. The van der Waals surface area contributed by atoms with Crippen LogP contribution in [0.4, 0.5) is 32.0 Å². The van der Waals surface area contributed by atoms with Crippen molar-refractivity contribution in [3.63, 3.8) is 0 Å². The van der Waals surface area contributed by atoms with Gasteiger partial charge in [-0.05, 0) is 36.4 Å². The number of alkyl halides is 6. The Kier molecular flexibility index (Phi) is 6.21. The van der Waals surface area contributed by atoms with Crippen LogP contribution in [0.5, 0.6) is 0 Å². The highest BCUT2D eigenvalue weighted by Crippen LogP contribution is 2.36. The first kappa shape index (κ1) is 22.2. The maximum absolute atomic E-state index is 13.1. The Morgan fingerprint density at radius 3 is 2.00 bits per heavy atom. The smallest absolute Gasteiger partial charge is 0.322 e. The monoisotopic (exact) mass is 436 g/mol. The second kappa shape index (κ2) is 8.11. The number of nitrogens with zero attached hydrogens (tertiary/aromatic N) is 3. The van der Waals surface area contributed by atoms with Gasteiger partial charge in [-0.2, -0.15) is 31.4 Å². The second-order valence-electron chi connectivity index (χ2n) is 5.56. The number of nitrogens with one attached hydrogen (secondary N) is 1. The lowest BCUT2D eigenvalue weighted by atomic mass is 10.2. The standard InChI is InChI=1S/C17H10F6N4O.ClH/c18-16(19,20)13-9-14(17(21,22)23)27(26-13)12-3-1-11(2-4-12)25-15(28)10-5-7-24-8-6-10;/h1-9H,(H,25,28);1H. The summed E-state index contributed by atoms with van der Waals surface area (Å²) in [6.07, 6.45) is -7.24. The number of hydrogen-bond donors (Lipinski definition) is 1. The molecule has 2 aromatic heterocycles. The Hall–Kier alpha value is -3.08. The highest BCUT2D eigenvalue weighted by atomic mass is 35.5. The van der Waals surface area contributed by atoms with Gasteiger partial charge in [0.2, 0.25) is 0 Å². The SMILES string of the molecule is Cl.O=C(Nc1ccc(-n2nc(C(F)(F)F)cc2C(F)(F)F)cc1)c1ccncc1. The molecule has 1 amide bonds. The predicted molar refractivity (Wildman–Crippen MR) is 93.0 cm³/mol. The van der Waals surface area contributed by atoms with Gasteiger partial charge in [0.05, 0.1) is 5.69 Å². The molecule has 2 heterocycles. The maximum atomic E-state index is 13.1. The minimum absolute atomic E-state index is 0. The topological polar surface area (TPSA) is 59.8 Å². The quantitative estimate of drug-likeness (QED) is 0.589. The third-order valence-electron chi connectivity index (χ3n) is 3.60. The fourth-order valence-electron chi connectivity index (χ4n) is 2.31. The van der Waals surface area contributed by atoms with Gasteiger partial charge in [0.25, 0.3) is 5.91 Å². The lowest BCUT2D eigenvalue weighted by Gasteiger charge is -2.11. The lowest BCUT2D eigenvalue weighted by Crippen LogP contribution is -2.14. The van der Waals surface area contributed by atoms with Gasteiger partial charge in [-0.25, -0.2) is 4.68 Å². The third kappa shape index (κ3) is 5.05. The van der Waals surface area contributed by atoms with E-state index in [1.165, 1.54) is 36.7 Å². The zero-order valence-electron chi connectivity index (χ0n) is 14.1. The van der Waals surface area contributed by atoms with Crippen molar-refractivity contribution in [2.45, 2.75) is 12.4 Å². The van der Waals surface area contributed by atoms with Gasteiger partial charge in [-0.15, -0.1) is 12.4 Å². The average molecular weight is 437 g/mol. The van der Waals surface area contributed by atoms with Gasteiger partial charge in [-0.1, -0.05) is 0 Å². The van der Waals surface area contributed by atoms with Gasteiger partial charge in [-0.3, -0.25) is 9.78 Å². The normalized spacial score (nSPS) is 11.7. The summed E-state index contributed by atoms with van der Waals surface area (Å²) in [7, 11) is 0. The van der Waals surface area contributed by atoms with E-state index in [9.17, 15) is 31.1 Å². The summed E-state index contributed by atoms with van der Waals surface area (Å²) >= 11 is 0. The van der Waals surface area contributed by atoms with Crippen LogP contribution in [-0.4, -0.2) is 20.7 Å². The first-order chi connectivity index (χ1) is 13.1. The Morgan fingerprint density at radius 2 is 1.48 bits per heavy atom. The van der Waals surface area contributed by atoms with Crippen molar-refractivity contribution in [3.8, 4) is 5.69 Å². The van der Waals surface area contributed by atoms with E-state index in [1.807, 2.05) is 0 Å². The molecule has 5 nitrogen and oxygen atoms in total. The van der Waals surface area contributed by atoms with Crippen LogP contribution in [0, 0.1) is 0 Å². The Labute approximate surface area is 165 Å². The van der Waals surface area contributed by atoms with Crippen LogP contribution in [-0.2, 0) is 12.4 Å². The molecule has 0 radical (unpaired) electrons. The highest BCUT2D eigenvalue weighted by molar-refractivity contribution is 6.04. The van der Waals surface area contributed by atoms with Gasteiger partial charge in [0.1, 0.15) is 5.69 Å². The molecule has 0 spiro atoms. The van der Waals surface area contributed by atoms with Crippen molar-refractivity contribution in [3.05, 3.63) is 71.8 Å².